The number of hydrogen-bond donors (Lipinski definition) is 0. The second-order valence-corrected chi connectivity index (χ2v) is 19.9. The molecule has 4 aliphatic carbocycles. The van der Waals surface area contributed by atoms with E-state index >= 15 is 0 Å². The van der Waals surface area contributed by atoms with Gasteiger partial charge in [0.15, 0.2) is 0 Å². The third kappa shape index (κ3) is 7.78. The minimum absolute atomic E-state index is 0. The normalized spacial score (nSPS) is 20.2. The summed E-state index contributed by atoms with van der Waals surface area (Å²) >= 11 is 0. The molecule has 0 N–H and O–H groups in total. The van der Waals surface area contributed by atoms with Gasteiger partial charge in [-0.1, -0.05) is 92.2 Å². The van der Waals surface area contributed by atoms with Gasteiger partial charge >= 0.3 is 26.2 Å². The Morgan fingerprint density at radius 1 is 0.857 bits per heavy atom. The van der Waals surface area contributed by atoms with Crippen molar-refractivity contribution in [2.75, 3.05) is 0 Å². The molecule has 0 heterocycles. The van der Waals surface area contributed by atoms with Crippen molar-refractivity contribution in [2.45, 2.75) is 64.7 Å². The predicted octanol–water partition coefficient (Wildman–Crippen LogP) is 2.26. The molecule has 184 valence electrons. The zero-order valence-electron chi connectivity index (χ0n) is 21.6. The van der Waals surface area contributed by atoms with Crippen LogP contribution in [0.15, 0.2) is 83.5 Å². The van der Waals surface area contributed by atoms with Crippen molar-refractivity contribution in [3.63, 3.8) is 0 Å². The number of benzene rings is 1. The van der Waals surface area contributed by atoms with Gasteiger partial charge in [-0.25, -0.2) is 24.1 Å². The number of halogens is 2. The van der Waals surface area contributed by atoms with Gasteiger partial charge in [0.25, 0.3) is 0 Å². The van der Waals surface area contributed by atoms with E-state index in [1.54, 1.807) is 27.9 Å². The van der Waals surface area contributed by atoms with E-state index in [1.807, 2.05) is 30.3 Å². The van der Waals surface area contributed by atoms with Gasteiger partial charge in [-0.05, 0) is 52.4 Å². The molecule has 4 aliphatic rings. The Kier molecular flexibility index (Phi) is 14.6. The molecular formula is C30H38Cl2Si2Zr. The van der Waals surface area contributed by atoms with Gasteiger partial charge < -0.3 is 24.8 Å². The summed E-state index contributed by atoms with van der Waals surface area (Å²) in [5.41, 5.74) is 9.71. The predicted molar refractivity (Wildman–Crippen MR) is 145 cm³/mol. The van der Waals surface area contributed by atoms with Crippen molar-refractivity contribution in [3.8, 4) is 0 Å². The summed E-state index contributed by atoms with van der Waals surface area (Å²) in [4.78, 5) is 0. The standard InChI is InChI=1S/C21H21.C5H5.C4H12Si2.2ClH.Zr/c1-2-8-15-14(7-1)13-20-18-11-4-3-9-16(18)17-10-5-6-12-19(17)21(15)20;1-2-4-5-3-1;1-5(2)6(3)4;;;/h1-2,6-8,11-12,16-17H,3-5,9-10,13H2;1-5H;1-4H3;2*1H;/q2*-1;;;;+4/p-2. The fourth-order valence-electron chi connectivity index (χ4n) is 5.38. The van der Waals surface area contributed by atoms with Crippen molar-refractivity contribution in [3.05, 3.63) is 101 Å². The largest absolute Gasteiger partial charge is 4.00 e. The van der Waals surface area contributed by atoms with Crippen LogP contribution in [0, 0.1) is 18.3 Å². The fraction of sp³-hybridized carbons (Fsp3) is 0.400. The van der Waals surface area contributed by atoms with Crippen molar-refractivity contribution >= 4 is 21.4 Å². The van der Waals surface area contributed by atoms with Crippen LogP contribution in [0.4, 0.5) is 0 Å². The molecule has 0 amide bonds. The second kappa shape index (κ2) is 15.7. The average molecular weight is 617 g/mol. The third-order valence-corrected chi connectivity index (χ3v) is 15.5. The molecule has 0 saturated heterocycles. The van der Waals surface area contributed by atoms with E-state index in [0.717, 1.165) is 18.3 Å². The van der Waals surface area contributed by atoms with Crippen LogP contribution in [0.25, 0.3) is 5.57 Å². The van der Waals surface area contributed by atoms with Crippen LogP contribution in [0.1, 0.15) is 43.2 Å². The summed E-state index contributed by atoms with van der Waals surface area (Å²) in [6.07, 6.45) is 15.3. The van der Waals surface area contributed by atoms with Gasteiger partial charge in [0, 0.05) is 0 Å². The van der Waals surface area contributed by atoms with Crippen LogP contribution in [-0.4, -0.2) is 15.8 Å². The third-order valence-electron chi connectivity index (χ3n) is 7.46. The first-order chi connectivity index (χ1) is 15.6. The van der Waals surface area contributed by atoms with E-state index in [4.69, 9.17) is 0 Å². The van der Waals surface area contributed by atoms with Crippen LogP contribution in [0.5, 0.6) is 0 Å². The topological polar surface area (TPSA) is 0 Å². The average Bonchev–Trinajstić information content (AvgIpc) is 3.51. The minimum atomic E-state index is 0. The zero-order valence-corrected chi connectivity index (χ0v) is 27.6. The maximum absolute atomic E-state index is 2.57. The summed E-state index contributed by atoms with van der Waals surface area (Å²) in [6.45, 7) is 9.55. The SMILES string of the molecule is C1=CC2=C3C(=C4[CH-]CCCC4C2CC1)Cc1ccccc13.C[Si](C)=[Si](C)C.[Cl-].[Cl-].[Zr+4].c1cc[cH-]c1. The Bertz CT molecular complexity index is 1030. The maximum Gasteiger partial charge on any atom is 4.00 e. The minimum Gasteiger partial charge on any atom is -1.00 e. The Hall–Kier alpha value is -0.443. The number of allylic oxidation sites excluding steroid dienone is 6. The van der Waals surface area contributed by atoms with E-state index in [1.165, 1.54) is 37.7 Å². The van der Waals surface area contributed by atoms with Crippen LogP contribution in [0.2, 0.25) is 26.2 Å². The Labute approximate surface area is 248 Å². The van der Waals surface area contributed by atoms with Crippen LogP contribution in [0.3, 0.4) is 0 Å². The second-order valence-electron chi connectivity index (χ2n) is 9.89. The van der Waals surface area contributed by atoms with Crippen molar-refractivity contribution < 1.29 is 51.0 Å². The first-order valence-corrected chi connectivity index (χ1v) is 18.4. The molecule has 0 bridgehead atoms. The molecule has 6 rings (SSSR count). The molecule has 2 unspecified atom stereocenters. The molecule has 35 heavy (non-hydrogen) atoms. The van der Waals surface area contributed by atoms with E-state index in [9.17, 15) is 0 Å². The molecular weight excluding hydrogens is 579 g/mol. The summed E-state index contributed by atoms with van der Waals surface area (Å²) in [6, 6.07) is 19.1. The smallest absolute Gasteiger partial charge is 1.00 e. The summed E-state index contributed by atoms with van der Waals surface area (Å²) in [7, 11) is 0.300. The molecule has 2 aromatic carbocycles. The Balaban J connectivity index is 0.000000372. The monoisotopic (exact) mass is 614 g/mol. The molecule has 0 aliphatic heterocycles. The van der Waals surface area contributed by atoms with Gasteiger partial charge in [-0.2, -0.15) is 23.8 Å². The number of hydrogen-bond acceptors (Lipinski definition) is 0. The van der Waals surface area contributed by atoms with Gasteiger partial charge in [0.05, 0.1) is 0 Å². The van der Waals surface area contributed by atoms with Gasteiger partial charge in [0.1, 0.15) is 0 Å². The number of fused-ring (bicyclic) bond motifs is 6. The van der Waals surface area contributed by atoms with E-state index in [-0.39, 0.29) is 66.8 Å². The summed E-state index contributed by atoms with van der Waals surface area (Å²) in [5, 5.41) is 0. The van der Waals surface area contributed by atoms with Crippen LogP contribution >= 0.6 is 0 Å². The Morgan fingerprint density at radius 2 is 1.54 bits per heavy atom. The summed E-state index contributed by atoms with van der Waals surface area (Å²) in [5.74, 6) is 1.60. The molecule has 0 radical (unpaired) electrons. The van der Waals surface area contributed by atoms with Gasteiger partial charge in [-0.3, -0.25) is 0 Å². The van der Waals surface area contributed by atoms with E-state index in [2.05, 4.69) is 69.0 Å². The molecule has 2 atom stereocenters. The van der Waals surface area contributed by atoms with Crippen molar-refractivity contribution in [2.24, 2.45) is 11.8 Å². The van der Waals surface area contributed by atoms with Gasteiger partial charge in [0.2, 0.25) is 0 Å². The molecule has 5 heteroatoms. The quantitative estimate of drug-likeness (QED) is 0.315. The molecule has 1 saturated carbocycles. The van der Waals surface area contributed by atoms with Crippen molar-refractivity contribution in [1.82, 2.24) is 0 Å². The molecule has 2 aromatic rings. The van der Waals surface area contributed by atoms with E-state index < -0.39 is 0 Å². The Morgan fingerprint density at radius 3 is 2.17 bits per heavy atom. The van der Waals surface area contributed by atoms with Crippen LogP contribution in [-0.2, 0) is 32.6 Å². The van der Waals surface area contributed by atoms with E-state index in [0.29, 0.717) is 0 Å². The van der Waals surface area contributed by atoms with Crippen molar-refractivity contribution in [1.29, 1.82) is 0 Å². The van der Waals surface area contributed by atoms with Crippen LogP contribution < -0.4 is 24.8 Å². The molecule has 1 fully saturated rings. The zero-order chi connectivity index (χ0) is 22.5. The fourth-order valence-corrected chi connectivity index (χ4v) is 5.38. The number of rotatable bonds is 0. The molecule has 0 nitrogen and oxygen atoms in total. The molecule has 0 aromatic heterocycles. The first kappa shape index (κ1) is 32.6. The first-order valence-electron chi connectivity index (χ1n) is 12.4. The molecule has 0 spiro atoms. The summed E-state index contributed by atoms with van der Waals surface area (Å²) < 4.78 is 0. The van der Waals surface area contributed by atoms with Gasteiger partial charge in [-0.15, -0.1) is 6.42 Å². The maximum atomic E-state index is 2.57.